The molecule has 4 nitrogen and oxygen atoms in total. The van der Waals surface area contributed by atoms with Gasteiger partial charge in [-0.1, -0.05) is 19.8 Å². The van der Waals surface area contributed by atoms with E-state index in [-0.39, 0.29) is 18.1 Å². The lowest BCUT2D eigenvalue weighted by atomic mass is 9.86. The van der Waals surface area contributed by atoms with Gasteiger partial charge in [0.15, 0.2) is 0 Å². The van der Waals surface area contributed by atoms with Gasteiger partial charge in [-0.15, -0.1) is 0 Å². The van der Waals surface area contributed by atoms with E-state index in [1.165, 1.54) is 19.3 Å². The van der Waals surface area contributed by atoms with Gasteiger partial charge in [-0.25, -0.2) is 0 Å². The third kappa shape index (κ3) is 5.49. The highest BCUT2D eigenvalue weighted by Gasteiger charge is 2.26. The van der Waals surface area contributed by atoms with Crippen LogP contribution in [0.1, 0.15) is 52.9 Å². The minimum Gasteiger partial charge on any atom is -0.393 e. The van der Waals surface area contributed by atoms with Crippen LogP contribution in [-0.2, 0) is 4.79 Å². The summed E-state index contributed by atoms with van der Waals surface area (Å²) in [6.45, 7) is 6.69. The summed E-state index contributed by atoms with van der Waals surface area (Å²) in [6, 6.07) is 0.210. The highest BCUT2D eigenvalue weighted by atomic mass is 16.3. The van der Waals surface area contributed by atoms with E-state index in [9.17, 15) is 9.90 Å². The van der Waals surface area contributed by atoms with Crippen LogP contribution in [0.4, 0.5) is 0 Å². The van der Waals surface area contributed by atoms with Crippen LogP contribution in [0.5, 0.6) is 0 Å². The highest BCUT2D eigenvalue weighted by Crippen LogP contribution is 2.23. The summed E-state index contributed by atoms with van der Waals surface area (Å²) in [6.07, 6.45) is 5.23. The molecule has 0 spiro atoms. The number of hydrogen-bond donors (Lipinski definition) is 2. The molecule has 0 aromatic rings. The van der Waals surface area contributed by atoms with Crippen molar-refractivity contribution < 1.29 is 9.90 Å². The molecular weight excluding hydrogens is 240 g/mol. The van der Waals surface area contributed by atoms with Crippen LogP contribution in [0.2, 0.25) is 0 Å². The van der Waals surface area contributed by atoms with E-state index in [2.05, 4.69) is 12.2 Å². The summed E-state index contributed by atoms with van der Waals surface area (Å²) in [4.78, 5) is 14.2. The van der Waals surface area contributed by atoms with E-state index in [1.54, 1.807) is 6.92 Å². The van der Waals surface area contributed by atoms with Crippen molar-refractivity contribution >= 4 is 5.91 Å². The second kappa shape index (κ2) is 7.85. The van der Waals surface area contributed by atoms with Crippen molar-refractivity contribution in [3.63, 3.8) is 0 Å². The Morgan fingerprint density at radius 2 is 2.00 bits per heavy atom. The van der Waals surface area contributed by atoms with Crippen LogP contribution in [0.3, 0.4) is 0 Å². The predicted molar refractivity (Wildman–Crippen MR) is 78.0 cm³/mol. The van der Waals surface area contributed by atoms with Crippen molar-refractivity contribution in [1.82, 2.24) is 10.2 Å². The highest BCUT2D eigenvalue weighted by molar-refractivity contribution is 5.81. The van der Waals surface area contributed by atoms with Crippen molar-refractivity contribution in [3.05, 3.63) is 0 Å². The van der Waals surface area contributed by atoms with Gasteiger partial charge < -0.3 is 10.4 Å². The Morgan fingerprint density at radius 3 is 2.58 bits per heavy atom. The van der Waals surface area contributed by atoms with Crippen molar-refractivity contribution in [3.8, 4) is 0 Å². The molecule has 0 aromatic heterocycles. The van der Waals surface area contributed by atoms with E-state index in [4.69, 9.17) is 0 Å². The average Bonchev–Trinajstić information content (AvgIpc) is 2.37. The zero-order chi connectivity index (χ0) is 14.4. The van der Waals surface area contributed by atoms with Crippen LogP contribution >= 0.6 is 0 Å². The maximum absolute atomic E-state index is 12.2. The van der Waals surface area contributed by atoms with Crippen molar-refractivity contribution in [2.45, 2.75) is 71.1 Å². The molecular formula is C15H30N2O2. The molecule has 0 bridgehead atoms. The molecule has 112 valence electrons. The standard InChI is InChI=1S/C15H30N2O2/c1-11-7-5-6-8-14(11)16-15(19)13(3)17(4)10-9-12(2)18/h11-14,18H,5-10H2,1-4H3,(H,16,19). The number of likely N-dealkylation sites (N-methyl/N-ethyl adjacent to an activating group) is 1. The average molecular weight is 270 g/mol. The molecule has 19 heavy (non-hydrogen) atoms. The zero-order valence-corrected chi connectivity index (χ0v) is 12.9. The molecule has 0 aromatic carbocycles. The Morgan fingerprint density at radius 1 is 1.37 bits per heavy atom. The molecule has 2 N–H and O–H groups in total. The molecule has 1 amide bonds. The van der Waals surface area contributed by atoms with Gasteiger partial charge in [0.05, 0.1) is 12.1 Å². The maximum atomic E-state index is 12.2. The van der Waals surface area contributed by atoms with Gasteiger partial charge in [-0.3, -0.25) is 9.69 Å². The van der Waals surface area contributed by atoms with E-state index in [1.807, 2.05) is 18.9 Å². The molecule has 1 rings (SSSR count). The second-order valence-corrected chi connectivity index (χ2v) is 6.17. The Bertz CT molecular complexity index is 281. The van der Waals surface area contributed by atoms with Crippen LogP contribution in [-0.4, -0.2) is 47.7 Å². The van der Waals surface area contributed by atoms with Gasteiger partial charge >= 0.3 is 0 Å². The molecule has 4 unspecified atom stereocenters. The minimum atomic E-state index is -0.309. The predicted octanol–water partition coefficient (Wildman–Crippen LogP) is 1.77. The number of nitrogens with one attached hydrogen (secondary N) is 1. The number of aliphatic hydroxyl groups excluding tert-OH is 1. The first-order valence-corrected chi connectivity index (χ1v) is 7.60. The van der Waals surface area contributed by atoms with Crippen LogP contribution in [0, 0.1) is 5.92 Å². The SMILES string of the molecule is CC(O)CCN(C)C(C)C(=O)NC1CCCCC1C. The fourth-order valence-corrected chi connectivity index (χ4v) is 2.62. The molecule has 0 saturated heterocycles. The van der Waals surface area contributed by atoms with Gasteiger partial charge in [0.1, 0.15) is 0 Å². The number of hydrogen-bond acceptors (Lipinski definition) is 3. The summed E-state index contributed by atoms with van der Waals surface area (Å²) in [5.41, 5.74) is 0. The number of amides is 1. The first-order chi connectivity index (χ1) is 8.91. The summed E-state index contributed by atoms with van der Waals surface area (Å²) in [7, 11) is 1.94. The third-order valence-electron chi connectivity index (χ3n) is 4.38. The first-order valence-electron chi connectivity index (χ1n) is 7.60. The van der Waals surface area contributed by atoms with Gasteiger partial charge in [0.2, 0.25) is 5.91 Å². The number of carbonyl (C=O) groups excluding carboxylic acids is 1. The van der Waals surface area contributed by atoms with Crippen molar-refractivity contribution in [2.75, 3.05) is 13.6 Å². The minimum absolute atomic E-state index is 0.117. The Labute approximate surface area is 117 Å². The van der Waals surface area contributed by atoms with E-state index >= 15 is 0 Å². The van der Waals surface area contributed by atoms with Gasteiger partial charge in [-0.05, 0) is 46.1 Å². The van der Waals surface area contributed by atoms with Crippen LogP contribution in [0.25, 0.3) is 0 Å². The van der Waals surface area contributed by atoms with Crippen molar-refractivity contribution in [2.24, 2.45) is 5.92 Å². The number of aliphatic hydroxyl groups is 1. The lowest BCUT2D eigenvalue weighted by Gasteiger charge is -2.32. The normalized spacial score (nSPS) is 27.1. The van der Waals surface area contributed by atoms with E-state index in [0.717, 1.165) is 13.0 Å². The molecule has 4 heteroatoms. The molecule has 0 aliphatic heterocycles. The molecule has 1 aliphatic carbocycles. The summed E-state index contributed by atoms with van der Waals surface area (Å²) < 4.78 is 0. The van der Waals surface area contributed by atoms with E-state index < -0.39 is 0 Å². The van der Waals surface area contributed by atoms with E-state index in [0.29, 0.717) is 18.4 Å². The van der Waals surface area contributed by atoms with Gasteiger partial charge in [0, 0.05) is 12.6 Å². The number of nitrogens with zero attached hydrogens (tertiary/aromatic N) is 1. The van der Waals surface area contributed by atoms with Gasteiger partial charge in [-0.2, -0.15) is 0 Å². The molecule has 0 radical (unpaired) electrons. The summed E-state index contributed by atoms with van der Waals surface area (Å²) in [5, 5.41) is 12.5. The molecule has 4 atom stereocenters. The largest absolute Gasteiger partial charge is 0.393 e. The zero-order valence-electron chi connectivity index (χ0n) is 12.9. The lowest BCUT2D eigenvalue weighted by molar-refractivity contribution is -0.126. The fraction of sp³-hybridized carbons (Fsp3) is 0.933. The molecule has 0 heterocycles. The monoisotopic (exact) mass is 270 g/mol. The smallest absolute Gasteiger partial charge is 0.237 e. The van der Waals surface area contributed by atoms with Crippen molar-refractivity contribution in [1.29, 1.82) is 0 Å². The quantitative estimate of drug-likeness (QED) is 0.773. The Kier molecular flexibility index (Phi) is 6.80. The molecule has 1 saturated carbocycles. The molecule has 1 fully saturated rings. The summed E-state index contributed by atoms with van der Waals surface area (Å²) in [5.74, 6) is 0.708. The topological polar surface area (TPSA) is 52.6 Å². The Hall–Kier alpha value is -0.610. The molecule has 1 aliphatic rings. The summed E-state index contributed by atoms with van der Waals surface area (Å²) >= 11 is 0. The van der Waals surface area contributed by atoms with Gasteiger partial charge in [0.25, 0.3) is 0 Å². The Balaban J connectivity index is 2.38. The fourth-order valence-electron chi connectivity index (χ4n) is 2.62. The second-order valence-electron chi connectivity index (χ2n) is 6.17. The lowest BCUT2D eigenvalue weighted by Crippen LogP contribution is -2.49. The third-order valence-corrected chi connectivity index (χ3v) is 4.38. The number of rotatable bonds is 6. The van der Waals surface area contributed by atoms with Crippen LogP contribution in [0.15, 0.2) is 0 Å². The first kappa shape index (κ1) is 16.4. The van der Waals surface area contributed by atoms with Crippen LogP contribution < -0.4 is 5.32 Å². The maximum Gasteiger partial charge on any atom is 0.237 e. The number of carbonyl (C=O) groups is 1.